The Morgan fingerprint density at radius 2 is 1.73 bits per heavy atom. The number of likely N-dealkylation sites (N-methyl/N-ethyl adjacent to an activating group) is 1. The molecule has 1 heterocycles. The van der Waals surface area contributed by atoms with Crippen LogP contribution in [0.1, 0.15) is 11.1 Å². The number of carbonyl (C=O) groups excluding carboxylic acids is 1. The van der Waals surface area contributed by atoms with Gasteiger partial charge in [0.2, 0.25) is 0 Å². The zero-order chi connectivity index (χ0) is 15.5. The molecule has 2 aromatic rings. The summed E-state index contributed by atoms with van der Waals surface area (Å²) in [4.78, 5) is 19.2. The van der Waals surface area contributed by atoms with E-state index < -0.39 is 0 Å². The highest BCUT2D eigenvalue weighted by atomic mass is 32.2. The minimum Gasteiger partial charge on any atom is -0.290 e. The largest absolute Gasteiger partial charge is 0.290 e. The van der Waals surface area contributed by atoms with Crippen molar-refractivity contribution < 1.29 is 4.79 Å². The average Bonchev–Trinajstić information content (AvgIpc) is 2.79. The topological polar surface area (TPSA) is 32.7 Å². The minimum atomic E-state index is -0.0142. The van der Waals surface area contributed by atoms with Gasteiger partial charge in [-0.25, -0.2) is 4.99 Å². The highest BCUT2D eigenvalue weighted by Gasteiger charge is 2.30. The van der Waals surface area contributed by atoms with Crippen molar-refractivity contribution in [2.75, 3.05) is 7.05 Å². The number of aryl methyl sites for hydroxylation is 1. The smallest absolute Gasteiger partial charge is 0.266 e. The molecule has 0 aliphatic carbocycles. The Balaban J connectivity index is 1.88. The fraction of sp³-hybridized carbons (Fsp3) is 0.111. The Kier molecular flexibility index (Phi) is 4.11. The van der Waals surface area contributed by atoms with E-state index in [4.69, 9.17) is 0 Å². The molecule has 1 aliphatic heterocycles. The van der Waals surface area contributed by atoms with E-state index in [0.29, 0.717) is 10.1 Å². The molecule has 1 fully saturated rings. The molecule has 3 rings (SSSR count). The van der Waals surface area contributed by atoms with Gasteiger partial charge in [-0.1, -0.05) is 48.0 Å². The quantitative estimate of drug-likeness (QED) is 0.778. The monoisotopic (exact) mass is 308 g/mol. The maximum absolute atomic E-state index is 12.3. The molecule has 0 saturated carbocycles. The van der Waals surface area contributed by atoms with Gasteiger partial charge in [-0.3, -0.25) is 9.69 Å². The number of benzene rings is 2. The van der Waals surface area contributed by atoms with Crippen LogP contribution in [-0.4, -0.2) is 23.0 Å². The van der Waals surface area contributed by atoms with Gasteiger partial charge in [0.05, 0.1) is 10.6 Å². The molecule has 2 aromatic carbocycles. The molecule has 3 nitrogen and oxygen atoms in total. The lowest BCUT2D eigenvalue weighted by Crippen LogP contribution is -2.23. The van der Waals surface area contributed by atoms with Crippen molar-refractivity contribution in [3.63, 3.8) is 0 Å². The second-order valence-electron chi connectivity index (χ2n) is 5.12. The number of thioether (sulfide) groups is 1. The normalized spacial score (nSPS) is 18.5. The van der Waals surface area contributed by atoms with Gasteiger partial charge in [0, 0.05) is 7.05 Å². The van der Waals surface area contributed by atoms with Crippen LogP contribution in [0.2, 0.25) is 0 Å². The SMILES string of the molecule is Cc1ccc(N=C2S/C(=C/c3ccccc3)C(=O)N2C)cc1. The molecule has 1 aliphatic rings. The molecule has 0 unspecified atom stereocenters. The lowest BCUT2D eigenvalue weighted by Gasteiger charge is -2.07. The molecule has 0 atom stereocenters. The summed E-state index contributed by atoms with van der Waals surface area (Å²) in [5.41, 5.74) is 3.06. The lowest BCUT2D eigenvalue weighted by atomic mass is 10.2. The third-order valence-electron chi connectivity index (χ3n) is 3.36. The van der Waals surface area contributed by atoms with Gasteiger partial charge in [-0.05, 0) is 42.5 Å². The third kappa shape index (κ3) is 3.12. The molecule has 0 radical (unpaired) electrons. The van der Waals surface area contributed by atoms with Crippen molar-refractivity contribution in [3.05, 3.63) is 70.6 Å². The van der Waals surface area contributed by atoms with E-state index in [1.807, 2.05) is 67.6 Å². The van der Waals surface area contributed by atoms with Gasteiger partial charge in [0.25, 0.3) is 5.91 Å². The zero-order valence-electron chi connectivity index (χ0n) is 12.5. The summed E-state index contributed by atoms with van der Waals surface area (Å²) in [5, 5.41) is 0.705. The van der Waals surface area contributed by atoms with Gasteiger partial charge < -0.3 is 0 Å². The van der Waals surface area contributed by atoms with Crippen molar-refractivity contribution in [1.82, 2.24) is 4.90 Å². The van der Waals surface area contributed by atoms with Gasteiger partial charge in [-0.2, -0.15) is 0 Å². The van der Waals surface area contributed by atoms with Crippen LogP contribution in [0.4, 0.5) is 5.69 Å². The maximum Gasteiger partial charge on any atom is 0.266 e. The van der Waals surface area contributed by atoms with Crippen LogP contribution in [0.3, 0.4) is 0 Å². The van der Waals surface area contributed by atoms with Crippen molar-refractivity contribution in [2.45, 2.75) is 6.92 Å². The van der Waals surface area contributed by atoms with Crippen LogP contribution in [-0.2, 0) is 4.79 Å². The predicted molar refractivity (Wildman–Crippen MR) is 93.1 cm³/mol. The number of aliphatic imine (C=N–C) groups is 1. The van der Waals surface area contributed by atoms with Crippen molar-refractivity contribution in [2.24, 2.45) is 4.99 Å². The maximum atomic E-state index is 12.3. The second-order valence-corrected chi connectivity index (χ2v) is 6.12. The summed E-state index contributed by atoms with van der Waals surface area (Å²) in [7, 11) is 1.76. The number of amidine groups is 1. The first-order chi connectivity index (χ1) is 10.6. The Morgan fingerprint density at radius 3 is 2.41 bits per heavy atom. The third-order valence-corrected chi connectivity index (χ3v) is 4.42. The number of rotatable bonds is 2. The molecule has 1 saturated heterocycles. The number of amides is 1. The molecule has 0 aromatic heterocycles. The Labute approximate surface area is 134 Å². The number of hydrogen-bond donors (Lipinski definition) is 0. The number of hydrogen-bond acceptors (Lipinski definition) is 3. The van der Waals surface area contributed by atoms with E-state index in [1.165, 1.54) is 17.3 Å². The first-order valence-corrected chi connectivity index (χ1v) is 7.83. The van der Waals surface area contributed by atoms with Crippen LogP contribution in [0, 0.1) is 6.92 Å². The number of nitrogens with zero attached hydrogens (tertiary/aromatic N) is 2. The van der Waals surface area contributed by atoms with E-state index in [-0.39, 0.29) is 5.91 Å². The van der Waals surface area contributed by atoms with E-state index in [1.54, 1.807) is 11.9 Å². The van der Waals surface area contributed by atoms with E-state index in [0.717, 1.165) is 11.3 Å². The van der Waals surface area contributed by atoms with Crippen molar-refractivity contribution in [1.29, 1.82) is 0 Å². The standard InChI is InChI=1S/C18H16N2OS/c1-13-8-10-15(11-9-13)19-18-20(2)17(21)16(22-18)12-14-6-4-3-5-7-14/h3-12H,1-2H3/b16-12+,19-18?. The van der Waals surface area contributed by atoms with Gasteiger partial charge in [0.1, 0.15) is 0 Å². The molecule has 0 spiro atoms. The molecular weight excluding hydrogens is 292 g/mol. The van der Waals surface area contributed by atoms with Crippen LogP contribution in [0.5, 0.6) is 0 Å². The molecule has 0 N–H and O–H groups in total. The average molecular weight is 308 g/mol. The van der Waals surface area contributed by atoms with E-state index in [2.05, 4.69) is 4.99 Å². The lowest BCUT2D eigenvalue weighted by molar-refractivity contribution is -0.121. The second kappa shape index (κ2) is 6.20. The van der Waals surface area contributed by atoms with Crippen molar-refractivity contribution >= 4 is 34.6 Å². The van der Waals surface area contributed by atoms with Crippen LogP contribution in [0.15, 0.2) is 64.5 Å². The summed E-state index contributed by atoms with van der Waals surface area (Å²) in [6, 6.07) is 17.8. The van der Waals surface area contributed by atoms with Crippen molar-refractivity contribution in [3.8, 4) is 0 Å². The Hall–Kier alpha value is -2.33. The molecular formula is C18H16N2OS. The molecule has 1 amide bonds. The summed E-state index contributed by atoms with van der Waals surface area (Å²) in [5.74, 6) is -0.0142. The van der Waals surface area contributed by atoms with Gasteiger partial charge in [0.15, 0.2) is 5.17 Å². The van der Waals surface area contributed by atoms with Gasteiger partial charge in [-0.15, -0.1) is 0 Å². The fourth-order valence-electron chi connectivity index (χ4n) is 2.08. The summed E-state index contributed by atoms with van der Waals surface area (Å²) >= 11 is 1.41. The minimum absolute atomic E-state index is 0.0142. The van der Waals surface area contributed by atoms with Crippen LogP contribution in [0.25, 0.3) is 6.08 Å². The van der Waals surface area contributed by atoms with E-state index in [9.17, 15) is 4.79 Å². The highest BCUT2D eigenvalue weighted by Crippen LogP contribution is 2.33. The fourth-order valence-corrected chi connectivity index (χ4v) is 3.07. The Morgan fingerprint density at radius 1 is 1.05 bits per heavy atom. The molecule has 4 heteroatoms. The van der Waals surface area contributed by atoms with Crippen LogP contribution < -0.4 is 0 Å². The van der Waals surface area contributed by atoms with Crippen LogP contribution >= 0.6 is 11.8 Å². The highest BCUT2D eigenvalue weighted by molar-refractivity contribution is 8.18. The first-order valence-electron chi connectivity index (χ1n) is 7.01. The zero-order valence-corrected chi connectivity index (χ0v) is 13.3. The van der Waals surface area contributed by atoms with Gasteiger partial charge >= 0.3 is 0 Å². The molecule has 22 heavy (non-hydrogen) atoms. The first kappa shape index (κ1) is 14.6. The predicted octanol–water partition coefficient (Wildman–Crippen LogP) is 4.23. The Bertz CT molecular complexity index is 748. The summed E-state index contributed by atoms with van der Waals surface area (Å²) in [6.45, 7) is 2.04. The summed E-state index contributed by atoms with van der Waals surface area (Å²) in [6.07, 6.45) is 1.90. The molecule has 0 bridgehead atoms. The van der Waals surface area contributed by atoms with E-state index >= 15 is 0 Å². The summed E-state index contributed by atoms with van der Waals surface area (Å²) < 4.78 is 0. The molecule has 110 valence electrons. The number of carbonyl (C=O) groups is 1.